The van der Waals surface area contributed by atoms with E-state index < -0.39 is 6.04 Å². The standard InChI is InChI=1S/C14H10BrClN2OS/c15-10-5-9-11(18-14(19)13(9)17)6-12(10)20-8-3-1-7(16)2-4-8/h1-6,13H,17H2,(H,18,19). The average molecular weight is 370 g/mol. The third kappa shape index (κ3) is 2.59. The lowest BCUT2D eigenvalue weighted by atomic mass is 10.1. The van der Waals surface area contributed by atoms with Crippen LogP contribution in [0, 0.1) is 0 Å². The van der Waals surface area contributed by atoms with Crippen molar-refractivity contribution in [2.45, 2.75) is 15.8 Å². The predicted octanol–water partition coefficient (Wildman–Crippen LogP) is 4.21. The van der Waals surface area contributed by atoms with Gasteiger partial charge in [-0.15, -0.1) is 0 Å². The van der Waals surface area contributed by atoms with Crippen LogP contribution in [-0.2, 0) is 4.79 Å². The third-order valence-corrected chi connectivity index (χ3v) is 5.26. The lowest BCUT2D eigenvalue weighted by Crippen LogP contribution is -2.19. The van der Waals surface area contributed by atoms with E-state index in [1.807, 2.05) is 36.4 Å². The molecular weight excluding hydrogens is 360 g/mol. The van der Waals surface area contributed by atoms with Gasteiger partial charge in [-0.25, -0.2) is 0 Å². The molecule has 20 heavy (non-hydrogen) atoms. The Bertz CT molecular complexity index is 690. The highest BCUT2D eigenvalue weighted by molar-refractivity contribution is 9.10. The molecule has 3 N–H and O–H groups in total. The number of anilines is 1. The maximum atomic E-state index is 11.6. The zero-order valence-corrected chi connectivity index (χ0v) is 13.3. The molecule has 1 heterocycles. The van der Waals surface area contributed by atoms with E-state index in [0.717, 1.165) is 25.5 Å². The molecule has 1 aliphatic heterocycles. The number of hydrogen-bond acceptors (Lipinski definition) is 3. The normalized spacial score (nSPS) is 16.9. The molecule has 3 rings (SSSR count). The molecule has 0 aliphatic carbocycles. The molecular formula is C14H10BrClN2OS. The number of nitrogens with one attached hydrogen (secondary N) is 1. The lowest BCUT2D eigenvalue weighted by Gasteiger charge is -2.08. The summed E-state index contributed by atoms with van der Waals surface area (Å²) in [5.41, 5.74) is 7.43. The Morgan fingerprint density at radius 1 is 1.25 bits per heavy atom. The van der Waals surface area contributed by atoms with Crippen molar-refractivity contribution in [2.24, 2.45) is 5.73 Å². The van der Waals surface area contributed by atoms with Gasteiger partial charge in [-0.1, -0.05) is 23.4 Å². The van der Waals surface area contributed by atoms with Crippen LogP contribution in [0.5, 0.6) is 0 Å². The number of amides is 1. The highest BCUT2D eigenvalue weighted by Gasteiger charge is 2.28. The second-order valence-corrected chi connectivity index (χ2v) is 6.80. The molecule has 0 radical (unpaired) electrons. The molecule has 0 aromatic heterocycles. The fourth-order valence-corrected chi connectivity index (χ4v) is 3.58. The summed E-state index contributed by atoms with van der Waals surface area (Å²) in [6, 6.07) is 10.9. The number of halogens is 2. The second-order valence-electron chi connectivity index (χ2n) is 4.39. The first kappa shape index (κ1) is 13.9. The largest absolute Gasteiger partial charge is 0.324 e. The minimum atomic E-state index is -0.587. The highest BCUT2D eigenvalue weighted by atomic mass is 79.9. The fourth-order valence-electron chi connectivity index (χ4n) is 1.99. The van der Waals surface area contributed by atoms with E-state index in [9.17, 15) is 4.79 Å². The maximum Gasteiger partial charge on any atom is 0.245 e. The van der Waals surface area contributed by atoms with E-state index in [0.29, 0.717) is 5.02 Å². The van der Waals surface area contributed by atoms with Crippen molar-refractivity contribution in [3.8, 4) is 0 Å². The summed E-state index contributed by atoms with van der Waals surface area (Å²) in [6.07, 6.45) is 0. The molecule has 0 saturated carbocycles. The van der Waals surface area contributed by atoms with Crippen LogP contribution < -0.4 is 11.1 Å². The summed E-state index contributed by atoms with van der Waals surface area (Å²) in [7, 11) is 0. The maximum absolute atomic E-state index is 11.6. The van der Waals surface area contributed by atoms with Gasteiger partial charge in [0.25, 0.3) is 0 Å². The van der Waals surface area contributed by atoms with Crippen molar-refractivity contribution in [2.75, 3.05) is 5.32 Å². The van der Waals surface area contributed by atoms with E-state index in [4.69, 9.17) is 17.3 Å². The van der Waals surface area contributed by atoms with E-state index >= 15 is 0 Å². The van der Waals surface area contributed by atoms with Crippen LogP contribution in [0.2, 0.25) is 5.02 Å². The molecule has 0 spiro atoms. The molecule has 1 atom stereocenters. The molecule has 1 unspecified atom stereocenters. The molecule has 1 amide bonds. The summed E-state index contributed by atoms with van der Waals surface area (Å²) < 4.78 is 0.920. The molecule has 6 heteroatoms. The van der Waals surface area contributed by atoms with Crippen molar-refractivity contribution in [1.29, 1.82) is 0 Å². The zero-order chi connectivity index (χ0) is 14.3. The van der Waals surface area contributed by atoms with Crippen LogP contribution in [0.4, 0.5) is 5.69 Å². The van der Waals surface area contributed by atoms with Gasteiger partial charge in [0.2, 0.25) is 5.91 Å². The van der Waals surface area contributed by atoms with Crippen LogP contribution in [0.1, 0.15) is 11.6 Å². The Hall–Kier alpha value is -1.01. The van der Waals surface area contributed by atoms with E-state index in [-0.39, 0.29) is 5.91 Å². The van der Waals surface area contributed by atoms with Crippen LogP contribution in [0.25, 0.3) is 0 Å². The summed E-state index contributed by atoms with van der Waals surface area (Å²) in [5.74, 6) is -0.166. The summed E-state index contributed by atoms with van der Waals surface area (Å²) in [4.78, 5) is 13.7. The molecule has 2 aromatic carbocycles. The number of carbonyl (C=O) groups excluding carboxylic acids is 1. The van der Waals surface area contributed by atoms with E-state index in [1.165, 1.54) is 0 Å². The smallest absolute Gasteiger partial charge is 0.245 e. The number of fused-ring (bicyclic) bond motifs is 1. The van der Waals surface area contributed by atoms with Gasteiger partial charge in [-0.2, -0.15) is 0 Å². The monoisotopic (exact) mass is 368 g/mol. The Labute approximate surface area is 134 Å². The SMILES string of the molecule is NC1C(=O)Nc2cc(Sc3ccc(Cl)cc3)c(Br)cc21. The number of benzene rings is 2. The molecule has 3 nitrogen and oxygen atoms in total. The van der Waals surface area contributed by atoms with Crippen molar-refractivity contribution in [3.63, 3.8) is 0 Å². The quantitative estimate of drug-likeness (QED) is 0.834. The van der Waals surface area contributed by atoms with Crippen molar-refractivity contribution >= 4 is 50.9 Å². The predicted molar refractivity (Wildman–Crippen MR) is 85.3 cm³/mol. The van der Waals surface area contributed by atoms with Crippen molar-refractivity contribution in [1.82, 2.24) is 0 Å². The van der Waals surface area contributed by atoms with Gasteiger partial charge in [-0.05, 0) is 52.3 Å². The van der Waals surface area contributed by atoms with Crippen LogP contribution in [-0.4, -0.2) is 5.91 Å². The Morgan fingerprint density at radius 3 is 2.65 bits per heavy atom. The number of rotatable bonds is 2. The van der Waals surface area contributed by atoms with E-state index in [2.05, 4.69) is 21.2 Å². The van der Waals surface area contributed by atoms with E-state index in [1.54, 1.807) is 11.8 Å². The molecule has 1 aliphatic rings. The van der Waals surface area contributed by atoms with Gasteiger partial charge < -0.3 is 11.1 Å². The zero-order valence-electron chi connectivity index (χ0n) is 10.2. The summed E-state index contributed by atoms with van der Waals surface area (Å²) in [6.45, 7) is 0. The first-order chi connectivity index (χ1) is 9.54. The second kappa shape index (κ2) is 5.41. The van der Waals surface area contributed by atoms with Gasteiger partial charge in [0.15, 0.2) is 0 Å². The van der Waals surface area contributed by atoms with Crippen LogP contribution in [0.3, 0.4) is 0 Å². The Balaban J connectivity index is 1.94. The number of carbonyl (C=O) groups is 1. The van der Waals surface area contributed by atoms with Gasteiger partial charge in [0.05, 0.1) is 0 Å². The van der Waals surface area contributed by atoms with Gasteiger partial charge in [-0.3, -0.25) is 4.79 Å². The summed E-state index contributed by atoms with van der Waals surface area (Å²) in [5, 5.41) is 3.50. The Morgan fingerprint density at radius 2 is 1.95 bits per heavy atom. The molecule has 0 fully saturated rings. The van der Waals surface area contributed by atoms with Crippen molar-refractivity contribution < 1.29 is 4.79 Å². The van der Waals surface area contributed by atoms with Crippen LogP contribution >= 0.6 is 39.3 Å². The molecule has 2 aromatic rings. The molecule has 0 saturated heterocycles. The first-order valence-corrected chi connectivity index (χ1v) is 7.86. The topological polar surface area (TPSA) is 55.1 Å². The van der Waals surface area contributed by atoms with Gasteiger partial charge >= 0.3 is 0 Å². The minimum Gasteiger partial charge on any atom is -0.324 e. The van der Waals surface area contributed by atoms with Gasteiger partial charge in [0.1, 0.15) is 6.04 Å². The third-order valence-electron chi connectivity index (χ3n) is 3.02. The highest BCUT2D eigenvalue weighted by Crippen LogP contribution is 2.40. The molecule has 0 bridgehead atoms. The summed E-state index contributed by atoms with van der Waals surface area (Å²) >= 11 is 11.0. The number of nitrogens with two attached hydrogens (primary N) is 1. The fraction of sp³-hybridized carbons (Fsp3) is 0.0714. The minimum absolute atomic E-state index is 0.166. The number of hydrogen-bond donors (Lipinski definition) is 2. The molecule has 102 valence electrons. The van der Waals surface area contributed by atoms with Crippen LogP contribution in [0.15, 0.2) is 50.7 Å². The Kier molecular flexibility index (Phi) is 3.77. The lowest BCUT2D eigenvalue weighted by molar-refractivity contribution is -0.116. The van der Waals surface area contributed by atoms with Crippen molar-refractivity contribution in [3.05, 3.63) is 51.5 Å². The average Bonchev–Trinajstić information content (AvgIpc) is 2.69. The van der Waals surface area contributed by atoms with Gasteiger partial charge in [0, 0.05) is 30.5 Å². The first-order valence-electron chi connectivity index (χ1n) is 5.88.